The molecule has 0 saturated carbocycles. The van der Waals surface area contributed by atoms with Gasteiger partial charge in [0.2, 0.25) is 11.8 Å². The summed E-state index contributed by atoms with van der Waals surface area (Å²) in [6.45, 7) is 3.11. The zero-order chi connectivity index (χ0) is 17.7. The van der Waals surface area contributed by atoms with Crippen molar-refractivity contribution in [3.63, 3.8) is 0 Å². The van der Waals surface area contributed by atoms with Crippen LogP contribution in [0.1, 0.15) is 13.8 Å². The minimum atomic E-state index is -0.523. The van der Waals surface area contributed by atoms with Crippen LogP contribution >= 0.6 is 23.2 Å². The van der Waals surface area contributed by atoms with E-state index < -0.39 is 6.04 Å². The van der Waals surface area contributed by atoms with Crippen molar-refractivity contribution in [1.29, 1.82) is 0 Å². The maximum Gasteiger partial charge on any atom is 0.247 e. The quantitative estimate of drug-likeness (QED) is 0.751. The highest BCUT2D eigenvalue weighted by atomic mass is 35.5. The number of carbonyl (C=O) groups is 2. The summed E-state index contributed by atoms with van der Waals surface area (Å²) < 4.78 is 0. The molecule has 2 amide bonds. The SMILES string of the molecule is CC(=O)Nc1ccc(N[C@@H](C)C(=O)Nc2ccc(Cl)cn2)cc1Cl. The van der Waals surface area contributed by atoms with Gasteiger partial charge in [-0.2, -0.15) is 0 Å². The van der Waals surface area contributed by atoms with Crippen molar-refractivity contribution >= 4 is 52.2 Å². The number of halogens is 2. The molecule has 0 aliphatic carbocycles. The van der Waals surface area contributed by atoms with Gasteiger partial charge in [-0.3, -0.25) is 9.59 Å². The summed E-state index contributed by atoms with van der Waals surface area (Å²) in [5.74, 6) is -0.0511. The maximum absolute atomic E-state index is 12.2. The Morgan fingerprint density at radius 2 is 1.88 bits per heavy atom. The normalized spacial score (nSPS) is 11.5. The van der Waals surface area contributed by atoms with Gasteiger partial charge >= 0.3 is 0 Å². The summed E-state index contributed by atoms with van der Waals surface area (Å²) in [6, 6.07) is 7.76. The Morgan fingerprint density at radius 3 is 2.46 bits per heavy atom. The van der Waals surface area contributed by atoms with Gasteiger partial charge in [0, 0.05) is 18.8 Å². The Bertz CT molecular complexity index is 750. The van der Waals surface area contributed by atoms with Crippen LogP contribution in [0, 0.1) is 0 Å². The Morgan fingerprint density at radius 1 is 1.12 bits per heavy atom. The molecule has 6 nitrogen and oxygen atoms in total. The van der Waals surface area contributed by atoms with E-state index in [0.717, 1.165) is 0 Å². The Hall–Kier alpha value is -2.31. The van der Waals surface area contributed by atoms with E-state index in [2.05, 4.69) is 20.9 Å². The summed E-state index contributed by atoms with van der Waals surface area (Å²) in [5.41, 5.74) is 1.16. The van der Waals surface area contributed by atoms with Crippen LogP contribution in [-0.2, 0) is 9.59 Å². The molecule has 24 heavy (non-hydrogen) atoms. The minimum absolute atomic E-state index is 0.208. The summed E-state index contributed by atoms with van der Waals surface area (Å²) in [7, 11) is 0. The number of anilines is 3. The van der Waals surface area contributed by atoms with Crippen LogP contribution in [0.15, 0.2) is 36.5 Å². The summed E-state index contributed by atoms with van der Waals surface area (Å²) in [4.78, 5) is 27.2. The lowest BCUT2D eigenvalue weighted by atomic mass is 10.2. The highest BCUT2D eigenvalue weighted by molar-refractivity contribution is 6.34. The van der Waals surface area contributed by atoms with Gasteiger partial charge in [0.05, 0.1) is 15.7 Å². The van der Waals surface area contributed by atoms with E-state index in [0.29, 0.717) is 27.2 Å². The van der Waals surface area contributed by atoms with E-state index in [-0.39, 0.29) is 11.8 Å². The van der Waals surface area contributed by atoms with Crippen LogP contribution < -0.4 is 16.0 Å². The van der Waals surface area contributed by atoms with E-state index in [4.69, 9.17) is 23.2 Å². The molecular weight excluding hydrogens is 351 g/mol. The van der Waals surface area contributed by atoms with Crippen molar-refractivity contribution < 1.29 is 9.59 Å². The first-order valence-electron chi connectivity index (χ1n) is 7.11. The molecule has 0 radical (unpaired) electrons. The van der Waals surface area contributed by atoms with Crippen molar-refractivity contribution in [3.8, 4) is 0 Å². The number of amides is 2. The summed E-state index contributed by atoms with van der Waals surface area (Å²) in [5, 5.41) is 9.20. The molecule has 3 N–H and O–H groups in total. The van der Waals surface area contributed by atoms with Gasteiger partial charge in [-0.1, -0.05) is 23.2 Å². The number of hydrogen-bond donors (Lipinski definition) is 3. The van der Waals surface area contributed by atoms with Crippen LogP contribution in [0.4, 0.5) is 17.2 Å². The molecule has 126 valence electrons. The topological polar surface area (TPSA) is 83.1 Å². The zero-order valence-corrected chi connectivity index (χ0v) is 14.6. The minimum Gasteiger partial charge on any atom is -0.374 e. The number of rotatable bonds is 5. The maximum atomic E-state index is 12.2. The largest absolute Gasteiger partial charge is 0.374 e. The third-order valence-electron chi connectivity index (χ3n) is 3.03. The van der Waals surface area contributed by atoms with Crippen molar-refractivity contribution in [3.05, 3.63) is 46.6 Å². The van der Waals surface area contributed by atoms with E-state index in [9.17, 15) is 9.59 Å². The summed E-state index contributed by atoms with van der Waals surface area (Å²) in [6.07, 6.45) is 1.45. The Labute approximate surface area is 149 Å². The van der Waals surface area contributed by atoms with Crippen LogP contribution in [0.3, 0.4) is 0 Å². The van der Waals surface area contributed by atoms with Crippen molar-refractivity contribution in [2.75, 3.05) is 16.0 Å². The molecule has 0 aliphatic rings. The molecule has 1 atom stereocenters. The molecule has 1 aromatic carbocycles. The van der Waals surface area contributed by atoms with Crippen LogP contribution in [0.2, 0.25) is 10.0 Å². The Balaban J connectivity index is 1.99. The predicted molar refractivity (Wildman–Crippen MR) is 96.7 cm³/mol. The molecule has 0 saturated heterocycles. The molecular formula is C16H16Cl2N4O2. The molecule has 0 fully saturated rings. The van der Waals surface area contributed by atoms with E-state index in [1.165, 1.54) is 13.1 Å². The van der Waals surface area contributed by atoms with E-state index in [1.54, 1.807) is 37.3 Å². The fourth-order valence-electron chi connectivity index (χ4n) is 1.90. The second-order valence-electron chi connectivity index (χ2n) is 5.09. The number of pyridine rings is 1. The van der Waals surface area contributed by atoms with Gasteiger partial charge in [0.15, 0.2) is 0 Å². The third kappa shape index (κ3) is 5.11. The van der Waals surface area contributed by atoms with Gasteiger partial charge in [-0.05, 0) is 37.3 Å². The average Bonchev–Trinajstić information content (AvgIpc) is 2.52. The van der Waals surface area contributed by atoms with Crippen LogP contribution in [-0.4, -0.2) is 22.8 Å². The predicted octanol–water partition coefficient (Wildman–Crippen LogP) is 3.79. The third-order valence-corrected chi connectivity index (χ3v) is 3.57. The van der Waals surface area contributed by atoms with Crippen LogP contribution in [0.5, 0.6) is 0 Å². The lowest BCUT2D eigenvalue weighted by Crippen LogP contribution is -2.32. The first-order valence-corrected chi connectivity index (χ1v) is 7.87. The van der Waals surface area contributed by atoms with Gasteiger partial charge < -0.3 is 16.0 Å². The number of nitrogens with zero attached hydrogens (tertiary/aromatic N) is 1. The highest BCUT2D eigenvalue weighted by Crippen LogP contribution is 2.26. The van der Waals surface area contributed by atoms with Gasteiger partial charge in [-0.15, -0.1) is 0 Å². The highest BCUT2D eigenvalue weighted by Gasteiger charge is 2.14. The van der Waals surface area contributed by atoms with Gasteiger partial charge in [0.25, 0.3) is 0 Å². The molecule has 1 aromatic heterocycles. The first-order chi connectivity index (χ1) is 11.3. The first kappa shape index (κ1) is 18.0. The smallest absolute Gasteiger partial charge is 0.247 e. The van der Waals surface area contributed by atoms with Crippen molar-refractivity contribution in [2.45, 2.75) is 19.9 Å². The molecule has 0 aliphatic heterocycles. The van der Waals surface area contributed by atoms with Crippen LogP contribution in [0.25, 0.3) is 0 Å². The molecule has 1 heterocycles. The molecule has 8 heteroatoms. The fraction of sp³-hybridized carbons (Fsp3) is 0.188. The van der Waals surface area contributed by atoms with E-state index >= 15 is 0 Å². The second-order valence-corrected chi connectivity index (χ2v) is 5.94. The number of carbonyl (C=O) groups excluding carboxylic acids is 2. The molecule has 2 rings (SSSR count). The Kier molecular flexibility index (Phi) is 6.00. The summed E-state index contributed by atoms with van der Waals surface area (Å²) >= 11 is 11.9. The number of aromatic nitrogens is 1. The zero-order valence-electron chi connectivity index (χ0n) is 13.1. The molecule has 0 unspecified atom stereocenters. The van der Waals surface area contributed by atoms with E-state index in [1.807, 2.05) is 0 Å². The van der Waals surface area contributed by atoms with Gasteiger partial charge in [0.1, 0.15) is 11.9 Å². The molecule has 0 bridgehead atoms. The molecule has 0 spiro atoms. The number of hydrogen-bond acceptors (Lipinski definition) is 4. The second kappa shape index (κ2) is 7.99. The standard InChI is InChI=1S/C16H16Cl2N4O2/c1-9(16(24)22-15-6-3-11(17)8-19-15)20-12-4-5-14(13(18)7-12)21-10(2)23/h3-9,20H,1-2H3,(H,21,23)(H,19,22,24)/t9-/m0/s1. The number of benzene rings is 1. The van der Waals surface area contributed by atoms with Crippen molar-refractivity contribution in [1.82, 2.24) is 4.98 Å². The fourth-order valence-corrected chi connectivity index (χ4v) is 2.24. The lowest BCUT2D eigenvalue weighted by molar-refractivity contribution is -0.116. The van der Waals surface area contributed by atoms with Gasteiger partial charge in [-0.25, -0.2) is 4.98 Å². The number of nitrogens with one attached hydrogen (secondary N) is 3. The average molecular weight is 367 g/mol. The lowest BCUT2D eigenvalue weighted by Gasteiger charge is -2.16. The molecule has 2 aromatic rings. The monoisotopic (exact) mass is 366 g/mol. The van der Waals surface area contributed by atoms with Crippen molar-refractivity contribution in [2.24, 2.45) is 0 Å².